The number of benzene rings is 1. The molecule has 0 aliphatic carbocycles. The fourth-order valence-electron chi connectivity index (χ4n) is 4.76. The van der Waals surface area contributed by atoms with Crippen molar-refractivity contribution in [1.29, 1.82) is 0 Å². The zero-order valence-corrected chi connectivity index (χ0v) is 17.5. The van der Waals surface area contributed by atoms with E-state index in [0.717, 1.165) is 47.7 Å². The fourth-order valence-corrected chi connectivity index (χ4v) is 4.76. The molecule has 6 heteroatoms. The molecule has 4 rings (SSSR count). The maximum Gasteiger partial charge on any atom is 0.196 e. The van der Waals surface area contributed by atoms with Gasteiger partial charge in [0.2, 0.25) is 0 Å². The molecule has 1 aromatic heterocycles. The van der Waals surface area contributed by atoms with Crippen LogP contribution in [0.3, 0.4) is 0 Å². The molecule has 1 aromatic carbocycles. The van der Waals surface area contributed by atoms with Crippen LogP contribution in [0.4, 0.5) is 0 Å². The molecule has 2 atom stereocenters. The average molecular weight is 396 g/mol. The van der Waals surface area contributed by atoms with Crippen molar-refractivity contribution < 1.29 is 19.1 Å². The minimum absolute atomic E-state index is 0.0155. The fraction of sp³-hybridized carbons (Fsp3) is 0.478. The van der Waals surface area contributed by atoms with Crippen LogP contribution < -0.4 is 9.47 Å². The summed E-state index contributed by atoms with van der Waals surface area (Å²) in [6.45, 7) is 9.20. The van der Waals surface area contributed by atoms with Crippen LogP contribution in [0, 0.1) is 13.8 Å². The minimum atomic E-state index is -0.285. The summed E-state index contributed by atoms with van der Waals surface area (Å²) in [7, 11) is 0. The van der Waals surface area contributed by atoms with Crippen molar-refractivity contribution in [2.24, 2.45) is 0 Å². The summed E-state index contributed by atoms with van der Waals surface area (Å²) >= 11 is 0. The molecule has 0 radical (unpaired) electrons. The van der Waals surface area contributed by atoms with Crippen LogP contribution in [-0.4, -0.2) is 47.3 Å². The van der Waals surface area contributed by atoms with Gasteiger partial charge in [-0.2, -0.15) is 0 Å². The van der Waals surface area contributed by atoms with Gasteiger partial charge in [-0.25, -0.2) is 0 Å². The summed E-state index contributed by atoms with van der Waals surface area (Å²) in [5.74, 6) is 1.57. The Morgan fingerprint density at radius 3 is 2.59 bits per heavy atom. The van der Waals surface area contributed by atoms with E-state index in [1.165, 1.54) is 0 Å². The first-order valence-corrected chi connectivity index (χ1v) is 10.3. The second-order valence-corrected chi connectivity index (χ2v) is 8.02. The maximum atomic E-state index is 13.3. The molecule has 154 valence electrons. The summed E-state index contributed by atoms with van der Waals surface area (Å²) in [5.41, 5.74) is 3.84. The van der Waals surface area contributed by atoms with Crippen molar-refractivity contribution in [3.8, 4) is 11.5 Å². The van der Waals surface area contributed by atoms with Gasteiger partial charge in [-0.1, -0.05) is 6.07 Å². The summed E-state index contributed by atoms with van der Waals surface area (Å²) in [6.07, 6.45) is 2.04. The number of aryl methyl sites for hydroxylation is 1. The van der Waals surface area contributed by atoms with Gasteiger partial charge in [0.15, 0.2) is 23.1 Å². The smallest absolute Gasteiger partial charge is 0.196 e. The number of rotatable bonds is 5. The first kappa shape index (κ1) is 19.7. The molecule has 1 N–H and O–H groups in total. The lowest BCUT2D eigenvalue weighted by Crippen LogP contribution is -2.39. The number of likely N-dealkylation sites (tertiary alicyclic amines) is 1. The Balaban J connectivity index is 1.60. The minimum Gasteiger partial charge on any atom is -0.486 e. The Bertz CT molecular complexity index is 962. The molecule has 1 fully saturated rings. The van der Waals surface area contributed by atoms with Gasteiger partial charge < -0.3 is 14.5 Å². The third-order valence-corrected chi connectivity index (χ3v) is 6.16. The first-order chi connectivity index (χ1) is 13.9. The van der Waals surface area contributed by atoms with Crippen LogP contribution in [0.25, 0.3) is 0 Å². The van der Waals surface area contributed by atoms with Crippen molar-refractivity contribution in [3.63, 3.8) is 0 Å². The Morgan fingerprint density at radius 1 is 1.17 bits per heavy atom. The molecule has 1 saturated heterocycles. The molecule has 6 nitrogen and oxygen atoms in total. The number of Topliss-reactive ketones (excluding diaryl/α,β-unsaturated/α-hetero) is 2. The number of aromatic amines is 1. The van der Waals surface area contributed by atoms with E-state index in [0.29, 0.717) is 24.5 Å². The van der Waals surface area contributed by atoms with Crippen LogP contribution in [-0.2, 0) is 0 Å². The number of H-pyrrole nitrogens is 1. The molecule has 2 aromatic rings. The number of aromatic nitrogens is 1. The van der Waals surface area contributed by atoms with E-state index in [9.17, 15) is 9.59 Å². The zero-order chi connectivity index (χ0) is 20.7. The van der Waals surface area contributed by atoms with E-state index >= 15 is 0 Å². The maximum absolute atomic E-state index is 13.3. The normalized spacial score (nSPS) is 19.9. The van der Waals surface area contributed by atoms with E-state index in [-0.39, 0.29) is 23.7 Å². The first-order valence-electron chi connectivity index (χ1n) is 10.3. The Labute approximate surface area is 171 Å². The summed E-state index contributed by atoms with van der Waals surface area (Å²) in [6, 6.07) is 5.96. The predicted molar refractivity (Wildman–Crippen MR) is 110 cm³/mol. The van der Waals surface area contributed by atoms with Crippen LogP contribution in [0.1, 0.15) is 70.4 Å². The summed E-state index contributed by atoms with van der Waals surface area (Å²) in [5, 5.41) is 0. The number of hydrogen-bond acceptors (Lipinski definition) is 5. The molecule has 3 heterocycles. The van der Waals surface area contributed by atoms with Crippen molar-refractivity contribution in [3.05, 3.63) is 46.3 Å². The summed E-state index contributed by atoms with van der Waals surface area (Å²) in [4.78, 5) is 30.7. The van der Waals surface area contributed by atoms with Crippen molar-refractivity contribution in [2.45, 2.75) is 52.6 Å². The highest BCUT2D eigenvalue weighted by Crippen LogP contribution is 2.39. The highest BCUT2D eigenvalue weighted by molar-refractivity contribution is 6.05. The average Bonchev–Trinajstić information content (AvgIpc) is 3.30. The third kappa shape index (κ3) is 3.46. The highest BCUT2D eigenvalue weighted by Gasteiger charge is 2.35. The van der Waals surface area contributed by atoms with Gasteiger partial charge in [-0.3, -0.25) is 14.5 Å². The largest absolute Gasteiger partial charge is 0.486 e. The number of carbonyl (C=O) groups excluding carboxylic acids is 2. The molecular formula is C23H28N2O4. The van der Waals surface area contributed by atoms with Crippen molar-refractivity contribution >= 4 is 11.6 Å². The second-order valence-electron chi connectivity index (χ2n) is 8.02. The quantitative estimate of drug-likeness (QED) is 0.773. The number of nitrogens with one attached hydrogen (secondary N) is 1. The lowest BCUT2D eigenvalue weighted by molar-refractivity contribution is 0.0814. The molecule has 2 aliphatic rings. The molecule has 0 spiro atoms. The van der Waals surface area contributed by atoms with Gasteiger partial charge in [-0.15, -0.1) is 0 Å². The predicted octanol–water partition coefficient (Wildman–Crippen LogP) is 4.01. The number of fused-ring (bicyclic) bond motifs is 1. The van der Waals surface area contributed by atoms with E-state index in [1.54, 1.807) is 6.92 Å². The summed E-state index contributed by atoms with van der Waals surface area (Å²) < 4.78 is 11.4. The van der Waals surface area contributed by atoms with E-state index < -0.39 is 0 Å². The molecule has 0 unspecified atom stereocenters. The van der Waals surface area contributed by atoms with Gasteiger partial charge in [0.1, 0.15) is 13.2 Å². The van der Waals surface area contributed by atoms with Gasteiger partial charge in [0.05, 0.1) is 11.7 Å². The van der Waals surface area contributed by atoms with E-state index in [1.807, 2.05) is 32.9 Å². The van der Waals surface area contributed by atoms with Gasteiger partial charge in [-0.05, 0) is 70.3 Å². The number of carbonyl (C=O) groups is 2. The van der Waals surface area contributed by atoms with E-state index in [2.05, 4.69) is 16.0 Å². The van der Waals surface area contributed by atoms with Gasteiger partial charge in [0, 0.05) is 17.3 Å². The highest BCUT2D eigenvalue weighted by atomic mass is 16.6. The number of hydrogen-bond donors (Lipinski definition) is 1. The van der Waals surface area contributed by atoms with Crippen molar-refractivity contribution in [1.82, 2.24) is 9.88 Å². The van der Waals surface area contributed by atoms with Crippen molar-refractivity contribution in [2.75, 3.05) is 19.8 Å². The van der Waals surface area contributed by atoms with Gasteiger partial charge in [0.25, 0.3) is 0 Å². The molecule has 0 amide bonds. The number of ketones is 2. The molecule has 0 bridgehead atoms. The van der Waals surface area contributed by atoms with Crippen LogP contribution in [0.15, 0.2) is 18.2 Å². The lowest BCUT2D eigenvalue weighted by atomic mass is 9.99. The second kappa shape index (κ2) is 7.67. The Morgan fingerprint density at radius 2 is 1.90 bits per heavy atom. The van der Waals surface area contributed by atoms with E-state index in [4.69, 9.17) is 9.47 Å². The molecule has 0 saturated carbocycles. The monoisotopic (exact) mass is 396 g/mol. The van der Waals surface area contributed by atoms with Gasteiger partial charge >= 0.3 is 0 Å². The lowest BCUT2D eigenvalue weighted by Gasteiger charge is -2.30. The third-order valence-electron chi connectivity index (χ3n) is 6.16. The van der Waals surface area contributed by atoms with Crippen LogP contribution >= 0.6 is 0 Å². The molecule has 2 aliphatic heterocycles. The standard InChI is InChI=1S/C23H28N2O4/c1-13-21(16(4)26)14(2)24-22(13)23(27)15(3)25-9-5-6-18(25)17-7-8-19-20(12-17)29-11-10-28-19/h7-8,12,15,18,24H,5-6,9-11H2,1-4H3/t15-,18+/m1/s1. The van der Waals surface area contributed by atoms with Crippen LogP contribution in [0.2, 0.25) is 0 Å². The topological polar surface area (TPSA) is 71.6 Å². The number of nitrogens with zero attached hydrogens (tertiary/aromatic N) is 1. The Hall–Kier alpha value is -2.60. The number of ether oxygens (including phenoxy) is 2. The SMILES string of the molecule is CC(=O)c1c(C)[nH]c(C(=O)[C@@H](C)N2CCC[C@H]2c2ccc3c(c2)OCCO3)c1C. The Kier molecular flexibility index (Phi) is 5.21. The molecular weight excluding hydrogens is 368 g/mol. The van der Waals surface area contributed by atoms with Crippen LogP contribution in [0.5, 0.6) is 11.5 Å². The zero-order valence-electron chi connectivity index (χ0n) is 17.5. The molecule has 29 heavy (non-hydrogen) atoms.